The molecule has 0 aromatic rings. The Balaban J connectivity index is 2.11. The maximum atomic E-state index is 12.7. The summed E-state index contributed by atoms with van der Waals surface area (Å²) in [6.07, 6.45) is 0.899. The minimum atomic E-state index is -5.01. The minimum Gasteiger partial charge on any atom is -0.480 e. The number of carboxylic acid groups (broad SMARTS) is 1. The average Bonchev–Trinajstić information content (AvgIpc) is 2.45. The third-order valence-electron chi connectivity index (χ3n) is 4.72. The summed E-state index contributed by atoms with van der Waals surface area (Å²) in [5.74, 6) is -3.06. The van der Waals surface area contributed by atoms with Crippen LogP contribution in [0.2, 0.25) is 0 Å². The lowest BCUT2D eigenvalue weighted by atomic mass is 9.75. The number of carbonyl (C=O) groups is 2. The molecule has 21 heavy (non-hydrogen) atoms. The van der Waals surface area contributed by atoms with Crippen molar-refractivity contribution in [3.8, 4) is 0 Å². The highest BCUT2D eigenvalue weighted by atomic mass is 19.4. The molecule has 2 unspecified atom stereocenters. The molecule has 120 valence electrons. The molecule has 2 rings (SSSR count). The largest absolute Gasteiger partial charge is 0.480 e. The van der Waals surface area contributed by atoms with Gasteiger partial charge in [0.1, 0.15) is 6.04 Å². The van der Waals surface area contributed by atoms with Crippen molar-refractivity contribution in [3.05, 3.63) is 0 Å². The first-order chi connectivity index (χ1) is 9.80. The first-order valence-corrected chi connectivity index (χ1v) is 7.41. The molecular formula is C14H20F3NO3. The standard InChI is InChI=1S/C14H20F3NO3/c15-14(16,17)13(21)18-8-10(6-7-11(18)12(19)20)9-4-2-1-3-5-9/h9-11H,1-8H2,(H,19,20). The summed E-state index contributed by atoms with van der Waals surface area (Å²) in [4.78, 5) is 23.2. The zero-order valence-electron chi connectivity index (χ0n) is 11.7. The highest BCUT2D eigenvalue weighted by molar-refractivity contribution is 5.87. The van der Waals surface area contributed by atoms with E-state index in [1.165, 1.54) is 0 Å². The molecule has 4 nitrogen and oxygen atoms in total. The Kier molecular flexibility index (Phi) is 4.78. The smallest absolute Gasteiger partial charge is 0.471 e. The van der Waals surface area contributed by atoms with Gasteiger partial charge in [0.25, 0.3) is 0 Å². The highest BCUT2D eigenvalue weighted by Gasteiger charge is 2.48. The first kappa shape index (κ1) is 16.1. The summed E-state index contributed by atoms with van der Waals surface area (Å²) in [7, 11) is 0. The number of likely N-dealkylation sites (tertiary alicyclic amines) is 1. The summed E-state index contributed by atoms with van der Waals surface area (Å²) in [5, 5.41) is 9.06. The van der Waals surface area contributed by atoms with Gasteiger partial charge in [-0.2, -0.15) is 13.2 Å². The van der Waals surface area contributed by atoms with Crippen molar-refractivity contribution in [2.45, 2.75) is 57.2 Å². The monoisotopic (exact) mass is 307 g/mol. The second kappa shape index (κ2) is 6.23. The van der Waals surface area contributed by atoms with Crippen molar-refractivity contribution >= 4 is 11.9 Å². The Hall–Kier alpha value is -1.27. The average molecular weight is 307 g/mol. The number of amides is 1. The van der Waals surface area contributed by atoms with Gasteiger partial charge in [-0.1, -0.05) is 32.1 Å². The van der Waals surface area contributed by atoms with Crippen LogP contribution in [-0.2, 0) is 9.59 Å². The number of aliphatic carboxylic acids is 1. The van der Waals surface area contributed by atoms with Crippen LogP contribution in [0.3, 0.4) is 0 Å². The van der Waals surface area contributed by atoms with E-state index in [2.05, 4.69) is 0 Å². The Labute approximate surface area is 121 Å². The van der Waals surface area contributed by atoms with Gasteiger partial charge in [-0.05, 0) is 24.7 Å². The lowest BCUT2D eigenvalue weighted by molar-refractivity contribution is -0.193. The second-order valence-electron chi connectivity index (χ2n) is 6.04. The zero-order valence-corrected chi connectivity index (χ0v) is 11.7. The Bertz CT molecular complexity index is 405. The van der Waals surface area contributed by atoms with Gasteiger partial charge in [0.05, 0.1) is 0 Å². The third kappa shape index (κ3) is 3.68. The maximum Gasteiger partial charge on any atom is 0.471 e. The summed E-state index contributed by atoms with van der Waals surface area (Å²) >= 11 is 0. The van der Waals surface area contributed by atoms with Crippen LogP contribution in [-0.4, -0.2) is 40.6 Å². The van der Waals surface area contributed by atoms with Crippen LogP contribution in [0, 0.1) is 11.8 Å². The summed E-state index contributed by atoms with van der Waals surface area (Å²) < 4.78 is 38.0. The number of hydrogen-bond donors (Lipinski definition) is 1. The van der Waals surface area contributed by atoms with Gasteiger partial charge in [0.15, 0.2) is 0 Å². The Morgan fingerprint density at radius 2 is 1.57 bits per heavy atom. The lowest BCUT2D eigenvalue weighted by Gasteiger charge is -2.41. The van der Waals surface area contributed by atoms with E-state index in [-0.39, 0.29) is 18.9 Å². The molecule has 0 radical (unpaired) electrons. The molecule has 1 aliphatic carbocycles. The number of alkyl halides is 3. The van der Waals surface area contributed by atoms with Crippen molar-refractivity contribution in [1.29, 1.82) is 0 Å². The van der Waals surface area contributed by atoms with E-state index < -0.39 is 24.1 Å². The highest BCUT2D eigenvalue weighted by Crippen LogP contribution is 2.37. The van der Waals surface area contributed by atoms with Crippen molar-refractivity contribution in [1.82, 2.24) is 4.90 Å². The van der Waals surface area contributed by atoms with E-state index >= 15 is 0 Å². The van der Waals surface area contributed by atoms with Gasteiger partial charge in [-0.15, -0.1) is 0 Å². The molecule has 1 aliphatic heterocycles. The fourth-order valence-electron chi connectivity index (χ4n) is 3.63. The van der Waals surface area contributed by atoms with Gasteiger partial charge >= 0.3 is 18.1 Å². The zero-order chi connectivity index (χ0) is 15.6. The van der Waals surface area contributed by atoms with Crippen LogP contribution in [0.1, 0.15) is 44.9 Å². The topological polar surface area (TPSA) is 57.6 Å². The van der Waals surface area contributed by atoms with E-state index in [4.69, 9.17) is 5.11 Å². The molecule has 0 aromatic carbocycles. The third-order valence-corrected chi connectivity index (χ3v) is 4.72. The number of nitrogens with zero attached hydrogens (tertiary/aromatic N) is 1. The van der Waals surface area contributed by atoms with E-state index in [1.807, 2.05) is 0 Å². The van der Waals surface area contributed by atoms with Crippen molar-refractivity contribution in [2.24, 2.45) is 11.8 Å². The summed E-state index contributed by atoms with van der Waals surface area (Å²) in [6, 6.07) is -1.35. The van der Waals surface area contributed by atoms with E-state index in [0.717, 1.165) is 32.1 Å². The lowest BCUT2D eigenvalue weighted by Crippen LogP contribution is -2.55. The SMILES string of the molecule is O=C(O)C1CCC(C2CCCCC2)CN1C(=O)C(F)(F)F. The van der Waals surface area contributed by atoms with Crippen molar-refractivity contribution in [3.63, 3.8) is 0 Å². The van der Waals surface area contributed by atoms with E-state index in [9.17, 15) is 22.8 Å². The van der Waals surface area contributed by atoms with Crippen LogP contribution >= 0.6 is 0 Å². The van der Waals surface area contributed by atoms with Crippen LogP contribution in [0.25, 0.3) is 0 Å². The van der Waals surface area contributed by atoms with E-state index in [0.29, 0.717) is 17.2 Å². The molecule has 0 aromatic heterocycles. The number of rotatable bonds is 2. The predicted octanol–water partition coefficient (Wildman–Crippen LogP) is 2.82. The fourth-order valence-corrected chi connectivity index (χ4v) is 3.63. The van der Waals surface area contributed by atoms with Crippen molar-refractivity contribution < 1.29 is 27.9 Å². The van der Waals surface area contributed by atoms with Gasteiger partial charge in [0.2, 0.25) is 0 Å². The van der Waals surface area contributed by atoms with Crippen LogP contribution in [0.4, 0.5) is 13.2 Å². The first-order valence-electron chi connectivity index (χ1n) is 7.41. The fraction of sp³-hybridized carbons (Fsp3) is 0.857. The molecule has 2 fully saturated rings. The van der Waals surface area contributed by atoms with Gasteiger partial charge in [-0.25, -0.2) is 4.79 Å². The molecule has 0 bridgehead atoms. The Morgan fingerprint density at radius 3 is 2.10 bits per heavy atom. The molecule has 7 heteroatoms. The van der Waals surface area contributed by atoms with Crippen molar-refractivity contribution in [2.75, 3.05) is 6.54 Å². The number of hydrogen-bond acceptors (Lipinski definition) is 2. The number of halogens is 3. The molecular weight excluding hydrogens is 287 g/mol. The summed E-state index contributed by atoms with van der Waals surface area (Å²) in [5.41, 5.74) is 0. The quantitative estimate of drug-likeness (QED) is 0.853. The van der Waals surface area contributed by atoms with E-state index in [1.54, 1.807) is 0 Å². The minimum absolute atomic E-state index is 0.00722. The van der Waals surface area contributed by atoms with Crippen LogP contribution < -0.4 is 0 Å². The molecule has 2 aliphatic rings. The number of piperidine rings is 1. The molecule has 0 spiro atoms. The number of carboxylic acids is 1. The molecule has 2 atom stereocenters. The summed E-state index contributed by atoms with van der Waals surface area (Å²) in [6.45, 7) is -0.0834. The molecule has 1 heterocycles. The second-order valence-corrected chi connectivity index (χ2v) is 6.04. The van der Waals surface area contributed by atoms with Gasteiger partial charge in [-0.3, -0.25) is 4.79 Å². The maximum absolute atomic E-state index is 12.7. The predicted molar refractivity (Wildman–Crippen MR) is 68.5 cm³/mol. The normalized spacial score (nSPS) is 28.4. The van der Waals surface area contributed by atoms with Crippen LogP contribution in [0.15, 0.2) is 0 Å². The van der Waals surface area contributed by atoms with Crippen LogP contribution in [0.5, 0.6) is 0 Å². The molecule has 1 saturated carbocycles. The van der Waals surface area contributed by atoms with Gasteiger partial charge in [0, 0.05) is 6.54 Å². The molecule has 1 N–H and O–H groups in total. The molecule has 1 saturated heterocycles. The Morgan fingerprint density at radius 1 is 0.952 bits per heavy atom. The number of carbonyl (C=O) groups excluding carboxylic acids is 1. The molecule has 1 amide bonds. The van der Waals surface area contributed by atoms with Gasteiger partial charge < -0.3 is 10.0 Å².